The third kappa shape index (κ3) is 1.59. The van der Waals surface area contributed by atoms with Gasteiger partial charge in [-0.3, -0.25) is 4.57 Å². The lowest BCUT2D eigenvalue weighted by molar-refractivity contribution is 0.943. The van der Waals surface area contributed by atoms with Crippen molar-refractivity contribution in [3.05, 3.63) is 41.7 Å². The molecule has 3 aromatic rings. The van der Waals surface area contributed by atoms with Crippen LogP contribution in [-0.2, 0) is 6.42 Å². The molecule has 0 unspecified atom stereocenters. The van der Waals surface area contributed by atoms with E-state index >= 15 is 0 Å². The Morgan fingerprint density at radius 3 is 3.00 bits per heavy atom. The van der Waals surface area contributed by atoms with Crippen LogP contribution >= 0.6 is 11.3 Å². The van der Waals surface area contributed by atoms with Crippen LogP contribution in [0.2, 0.25) is 0 Å². The van der Waals surface area contributed by atoms with Crippen molar-refractivity contribution < 1.29 is 0 Å². The number of hydrogen-bond donors (Lipinski definition) is 0. The summed E-state index contributed by atoms with van der Waals surface area (Å²) in [5.74, 6) is 0.739. The van der Waals surface area contributed by atoms with Crippen LogP contribution in [0.5, 0.6) is 0 Å². The topological polar surface area (TPSA) is 54.5 Å². The number of nitrogens with zero attached hydrogens (tertiary/aromatic N) is 4. The molecule has 0 amide bonds. The standard InChI is InChI=1S/C12H8N4S/c13-6-5-11-15-9-3-1-2-4-10(9)16(11)12-14-7-8-17-12/h1-4,7-8H,5H2. The lowest BCUT2D eigenvalue weighted by Crippen LogP contribution is -1.99. The predicted molar refractivity (Wildman–Crippen MR) is 66.1 cm³/mol. The molecule has 0 aliphatic rings. The number of nitriles is 1. The molecule has 4 nitrogen and oxygen atoms in total. The molecule has 0 spiro atoms. The van der Waals surface area contributed by atoms with E-state index in [0.29, 0.717) is 0 Å². The van der Waals surface area contributed by atoms with Crippen molar-refractivity contribution in [2.45, 2.75) is 6.42 Å². The fourth-order valence-electron chi connectivity index (χ4n) is 1.80. The Balaban J connectivity index is 2.33. The summed E-state index contributed by atoms with van der Waals surface area (Å²) in [6.45, 7) is 0. The van der Waals surface area contributed by atoms with Crippen molar-refractivity contribution in [2.24, 2.45) is 0 Å². The normalized spacial score (nSPS) is 10.5. The third-order valence-electron chi connectivity index (χ3n) is 2.48. The van der Waals surface area contributed by atoms with Gasteiger partial charge < -0.3 is 0 Å². The molecule has 0 bridgehead atoms. The molecule has 0 aliphatic heterocycles. The monoisotopic (exact) mass is 240 g/mol. The molecule has 0 atom stereocenters. The zero-order valence-corrected chi connectivity index (χ0v) is 9.68. The smallest absolute Gasteiger partial charge is 0.195 e. The average molecular weight is 240 g/mol. The van der Waals surface area contributed by atoms with Crippen molar-refractivity contribution in [2.75, 3.05) is 0 Å². The molecule has 82 valence electrons. The number of hydrogen-bond acceptors (Lipinski definition) is 4. The van der Waals surface area contributed by atoms with Gasteiger partial charge in [-0.15, -0.1) is 11.3 Å². The highest BCUT2D eigenvalue weighted by Crippen LogP contribution is 2.22. The van der Waals surface area contributed by atoms with Crippen LogP contribution in [0.4, 0.5) is 0 Å². The fourth-order valence-corrected chi connectivity index (χ4v) is 2.48. The predicted octanol–water partition coefficient (Wildman–Crippen LogP) is 2.55. The second kappa shape index (κ2) is 4.00. The minimum atomic E-state index is 0.286. The van der Waals surface area contributed by atoms with Gasteiger partial charge in [0.2, 0.25) is 0 Å². The number of fused-ring (bicyclic) bond motifs is 1. The number of benzene rings is 1. The van der Waals surface area contributed by atoms with E-state index in [9.17, 15) is 0 Å². The van der Waals surface area contributed by atoms with Gasteiger partial charge in [0.15, 0.2) is 5.13 Å². The molecular weight excluding hydrogens is 232 g/mol. The Labute approximate surface area is 102 Å². The van der Waals surface area contributed by atoms with Gasteiger partial charge in [0.25, 0.3) is 0 Å². The first-order valence-corrected chi connectivity index (χ1v) is 6.01. The Morgan fingerprint density at radius 2 is 2.24 bits per heavy atom. The summed E-state index contributed by atoms with van der Waals surface area (Å²) in [6, 6.07) is 9.98. The summed E-state index contributed by atoms with van der Waals surface area (Å²) in [7, 11) is 0. The molecule has 0 fully saturated rings. The molecule has 2 aromatic heterocycles. The minimum absolute atomic E-state index is 0.286. The van der Waals surface area contributed by atoms with E-state index in [-0.39, 0.29) is 6.42 Å². The second-order valence-corrected chi connectivity index (χ2v) is 4.37. The van der Waals surface area contributed by atoms with Crippen molar-refractivity contribution in [1.29, 1.82) is 5.26 Å². The van der Waals surface area contributed by atoms with Gasteiger partial charge >= 0.3 is 0 Å². The maximum atomic E-state index is 8.85. The number of imidazole rings is 1. The lowest BCUT2D eigenvalue weighted by atomic mass is 10.3. The fraction of sp³-hybridized carbons (Fsp3) is 0.0833. The number of aromatic nitrogens is 3. The van der Waals surface area contributed by atoms with E-state index in [4.69, 9.17) is 5.26 Å². The summed E-state index contributed by atoms with van der Waals surface area (Å²) >= 11 is 1.54. The maximum absolute atomic E-state index is 8.85. The summed E-state index contributed by atoms with van der Waals surface area (Å²) in [6.07, 6.45) is 2.04. The molecule has 5 heteroatoms. The van der Waals surface area contributed by atoms with E-state index in [1.165, 1.54) is 11.3 Å². The van der Waals surface area contributed by atoms with Gasteiger partial charge in [-0.25, -0.2) is 9.97 Å². The Kier molecular flexibility index (Phi) is 2.35. The highest BCUT2D eigenvalue weighted by Gasteiger charge is 2.12. The van der Waals surface area contributed by atoms with Crippen LogP contribution < -0.4 is 0 Å². The summed E-state index contributed by atoms with van der Waals surface area (Å²) in [4.78, 5) is 8.75. The van der Waals surface area contributed by atoms with Crippen molar-refractivity contribution in [3.8, 4) is 11.2 Å². The van der Waals surface area contributed by atoms with E-state index in [2.05, 4.69) is 16.0 Å². The van der Waals surface area contributed by atoms with Crippen molar-refractivity contribution >= 4 is 22.4 Å². The van der Waals surface area contributed by atoms with Crippen LogP contribution in [0.1, 0.15) is 5.82 Å². The van der Waals surface area contributed by atoms with Crippen molar-refractivity contribution in [3.63, 3.8) is 0 Å². The number of para-hydroxylation sites is 2. The molecule has 0 saturated heterocycles. The third-order valence-corrected chi connectivity index (χ3v) is 3.23. The Bertz CT molecular complexity index is 691. The lowest BCUT2D eigenvalue weighted by Gasteiger charge is -2.01. The summed E-state index contributed by atoms with van der Waals surface area (Å²) in [5, 5.41) is 11.6. The van der Waals surface area contributed by atoms with E-state index in [1.807, 2.05) is 34.2 Å². The van der Waals surface area contributed by atoms with Gasteiger partial charge in [-0.05, 0) is 12.1 Å². The molecule has 0 radical (unpaired) electrons. The first-order valence-electron chi connectivity index (χ1n) is 5.13. The van der Waals surface area contributed by atoms with Crippen LogP contribution in [0.15, 0.2) is 35.8 Å². The highest BCUT2D eigenvalue weighted by molar-refractivity contribution is 7.12. The molecule has 2 heterocycles. The number of thiazole rings is 1. The molecule has 0 aliphatic carbocycles. The highest BCUT2D eigenvalue weighted by atomic mass is 32.1. The van der Waals surface area contributed by atoms with Crippen LogP contribution in [-0.4, -0.2) is 14.5 Å². The van der Waals surface area contributed by atoms with Gasteiger partial charge in [0, 0.05) is 11.6 Å². The average Bonchev–Trinajstić information content (AvgIpc) is 2.94. The molecule has 1 aromatic carbocycles. The molecule has 3 rings (SSSR count). The SMILES string of the molecule is N#CCc1nc2ccccc2n1-c1nccs1. The van der Waals surface area contributed by atoms with Crippen LogP contribution in [0.3, 0.4) is 0 Å². The van der Waals surface area contributed by atoms with E-state index in [0.717, 1.165) is 22.0 Å². The maximum Gasteiger partial charge on any atom is 0.195 e. The van der Waals surface area contributed by atoms with Crippen LogP contribution in [0, 0.1) is 11.3 Å². The van der Waals surface area contributed by atoms with Crippen molar-refractivity contribution in [1.82, 2.24) is 14.5 Å². The van der Waals surface area contributed by atoms with E-state index in [1.54, 1.807) is 6.20 Å². The molecule has 0 saturated carbocycles. The Hall–Kier alpha value is -2.19. The molecule has 0 N–H and O–H groups in total. The van der Waals surface area contributed by atoms with Gasteiger partial charge in [0.05, 0.1) is 23.5 Å². The van der Waals surface area contributed by atoms with Gasteiger partial charge in [-0.1, -0.05) is 12.1 Å². The largest absolute Gasteiger partial charge is 0.271 e. The first kappa shape index (κ1) is 10.00. The quantitative estimate of drug-likeness (QED) is 0.691. The molecule has 17 heavy (non-hydrogen) atoms. The zero-order valence-electron chi connectivity index (χ0n) is 8.87. The summed E-state index contributed by atoms with van der Waals surface area (Å²) < 4.78 is 1.95. The first-order chi connectivity index (χ1) is 8.40. The van der Waals surface area contributed by atoms with E-state index < -0.39 is 0 Å². The molecular formula is C12H8N4S. The zero-order chi connectivity index (χ0) is 11.7. The van der Waals surface area contributed by atoms with Gasteiger partial charge in [0.1, 0.15) is 5.82 Å². The van der Waals surface area contributed by atoms with Gasteiger partial charge in [-0.2, -0.15) is 5.26 Å². The Morgan fingerprint density at radius 1 is 1.35 bits per heavy atom. The summed E-state index contributed by atoms with van der Waals surface area (Å²) in [5.41, 5.74) is 1.89. The minimum Gasteiger partial charge on any atom is -0.271 e. The second-order valence-electron chi connectivity index (χ2n) is 3.50. The van der Waals surface area contributed by atoms with Crippen LogP contribution in [0.25, 0.3) is 16.2 Å². The number of rotatable bonds is 2.